The van der Waals surface area contributed by atoms with E-state index in [0.717, 1.165) is 6.07 Å². The summed E-state index contributed by atoms with van der Waals surface area (Å²) >= 11 is 0. The highest BCUT2D eigenvalue weighted by Crippen LogP contribution is 2.24. The van der Waals surface area contributed by atoms with Gasteiger partial charge in [-0.2, -0.15) is 4.98 Å². The Morgan fingerprint density at radius 1 is 1.29 bits per heavy atom. The lowest BCUT2D eigenvalue weighted by Crippen LogP contribution is -2.09. The molecule has 0 aliphatic rings. The Morgan fingerprint density at radius 3 is 2.90 bits per heavy atom. The fraction of sp³-hybridized carbons (Fsp3) is 0.0714. The molecule has 0 unspecified atom stereocenters. The first-order valence-corrected chi connectivity index (χ1v) is 6.03. The van der Waals surface area contributed by atoms with E-state index in [-0.39, 0.29) is 23.1 Å². The van der Waals surface area contributed by atoms with Gasteiger partial charge in [0.15, 0.2) is 11.6 Å². The molecular formula is C14H10FN3O3. The minimum Gasteiger partial charge on any atom is -0.494 e. The average molecular weight is 287 g/mol. The van der Waals surface area contributed by atoms with Crippen molar-refractivity contribution in [2.24, 2.45) is 0 Å². The van der Waals surface area contributed by atoms with Crippen LogP contribution >= 0.6 is 0 Å². The van der Waals surface area contributed by atoms with E-state index in [1.54, 1.807) is 6.07 Å². The number of nitrogens with zero attached hydrogens (tertiary/aromatic N) is 2. The SMILES string of the molecule is COc1ccc(Oc2nc3cnccc3c(=O)[nH]2)cc1F. The second kappa shape index (κ2) is 5.20. The lowest BCUT2D eigenvalue weighted by Gasteiger charge is -2.07. The summed E-state index contributed by atoms with van der Waals surface area (Å²) in [4.78, 5) is 22.3. The van der Waals surface area contributed by atoms with Gasteiger partial charge < -0.3 is 9.47 Å². The van der Waals surface area contributed by atoms with Gasteiger partial charge in [-0.3, -0.25) is 14.8 Å². The summed E-state index contributed by atoms with van der Waals surface area (Å²) in [5, 5.41) is 0.401. The number of fused-ring (bicyclic) bond motifs is 1. The van der Waals surface area contributed by atoms with Crippen molar-refractivity contribution in [3.05, 3.63) is 52.8 Å². The number of aromatic amines is 1. The number of nitrogens with one attached hydrogen (secondary N) is 1. The van der Waals surface area contributed by atoms with Crippen LogP contribution in [0.25, 0.3) is 10.9 Å². The van der Waals surface area contributed by atoms with Crippen LogP contribution in [0.1, 0.15) is 0 Å². The number of ether oxygens (including phenoxy) is 2. The first kappa shape index (κ1) is 13.0. The zero-order chi connectivity index (χ0) is 14.8. The molecule has 0 saturated carbocycles. The van der Waals surface area contributed by atoms with E-state index in [9.17, 15) is 9.18 Å². The average Bonchev–Trinajstić information content (AvgIpc) is 2.47. The molecule has 2 heterocycles. The van der Waals surface area contributed by atoms with Gasteiger partial charge >= 0.3 is 6.01 Å². The van der Waals surface area contributed by atoms with E-state index in [1.165, 1.54) is 31.6 Å². The number of rotatable bonds is 3. The van der Waals surface area contributed by atoms with Crippen LogP contribution in [-0.2, 0) is 0 Å². The lowest BCUT2D eigenvalue weighted by molar-refractivity contribution is 0.381. The minimum absolute atomic E-state index is 0.0370. The largest absolute Gasteiger partial charge is 0.494 e. The first-order valence-electron chi connectivity index (χ1n) is 6.03. The maximum absolute atomic E-state index is 13.6. The van der Waals surface area contributed by atoms with Gasteiger partial charge in [-0.15, -0.1) is 0 Å². The van der Waals surface area contributed by atoms with E-state index in [2.05, 4.69) is 15.0 Å². The van der Waals surface area contributed by atoms with Crippen molar-refractivity contribution >= 4 is 10.9 Å². The monoisotopic (exact) mass is 287 g/mol. The van der Waals surface area contributed by atoms with Gasteiger partial charge in [0.1, 0.15) is 5.75 Å². The Morgan fingerprint density at radius 2 is 2.14 bits per heavy atom. The molecule has 0 spiro atoms. The quantitative estimate of drug-likeness (QED) is 0.799. The molecule has 0 fully saturated rings. The summed E-state index contributed by atoms with van der Waals surface area (Å²) in [5.41, 5.74) is 0.0385. The Kier molecular flexibility index (Phi) is 3.23. The van der Waals surface area contributed by atoms with Crippen LogP contribution < -0.4 is 15.0 Å². The van der Waals surface area contributed by atoms with Crippen LogP contribution in [-0.4, -0.2) is 22.1 Å². The molecular weight excluding hydrogens is 277 g/mol. The van der Waals surface area contributed by atoms with Crippen LogP contribution in [0.15, 0.2) is 41.5 Å². The summed E-state index contributed by atoms with van der Waals surface area (Å²) < 4.78 is 23.8. The van der Waals surface area contributed by atoms with E-state index >= 15 is 0 Å². The maximum atomic E-state index is 13.6. The molecule has 0 aliphatic heterocycles. The van der Waals surface area contributed by atoms with Crippen LogP contribution in [0.3, 0.4) is 0 Å². The molecule has 0 atom stereocenters. The van der Waals surface area contributed by atoms with Crippen molar-refractivity contribution < 1.29 is 13.9 Å². The first-order chi connectivity index (χ1) is 10.2. The number of H-pyrrole nitrogens is 1. The Labute approximate surface area is 118 Å². The molecule has 106 valence electrons. The van der Waals surface area contributed by atoms with E-state index in [0.29, 0.717) is 10.9 Å². The second-order valence-electron chi connectivity index (χ2n) is 4.16. The standard InChI is InChI=1S/C14H10FN3O3/c1-20-12-3-2-8(6-10(12)15)21-14-17-11-7-16-5-4-9(11)13(19)18-14/h2-7H,1H3,(H,17,18,19). The number of methoxy groups -OCH3 is 1. The maximum Gasteiger partial charge on any atom is 0.302 e. The number of aromatic nitrogens is 3. The summed E-state index contributed by atoms with van der Waals surface area (Å²) in [6, 6.07) is 5.59. The summed E-state index contributed by atoms with van der Waals surface area (Å²) in [6.07, 6.45) is 2.95. The number of benzene rings is 1. The minimum atomic E-state index is -0.570. The van der Waals surface area contributed by atoms with Gasteiger partial charge in [-0.25, -0.2) is 4.39 Å². The highest BCUT2D eigenvalue weighted by Gasteiger charge is 2.08. The van der Waals surface area contributed by atoms with Crippen LogP contribution in [0.4, 0.5) is 4.39 Å². The molecule has 1 N–H and O–H groups in total. The highest BCUT2D eigenvalue weighted by atomic mass is 19.1. The van der Waals surface area contributed by atoms with Gasteiger partial charge in [-0.1, -0.05) is 0 Å². The van der Waals surface area contributed by atoms with E-state index in [1.807, 2.05) is 0 Å². The number of pyridine rings is 1. The van der Waals surface area contributed by atoms with Gasteiger partial charge in [-0.05, 0) is 18.2 Å². The molecule has 3 rings (SSSR count). The smallest absolute Gasteiger partial charge is 0.302 e. The fourth-order valence-electron chi connectivity index (χ4n) is 1.84. The Balaban J connectivity index is 1.98. The van der Waals surface area contributed by atoms with Crippen molar-refractivity contribution in [1.82, 2.24) is 15.0 Å². The predicted octanol–water partition coefficient (Wildman–Crippen LogP) is 2.26. The second-order valence-corrected chi connectivity index (χ2v) is 4.16. The molecule has 0 aliphatic carbocycles. The van der Waals surface area contributed by atoms with Gasteiger partial charge in [0.25, 0.3) is 5.56 Å². The van der Waals surface area contributed by atoms with Gasteiger partial charge in [0.05, 0.1) is 24.2 Å². The van der Waals surface area contributed by atoms with Crippen molar-refractivity contribution in [1.29, 1.82) is 0 Å². The molecule has 6 nitrogen and oxygen atoms in total. The van der Waals surface area contributed by atoms with E-state index in [4.69, 9.17) is 9.47 Å². The van der Waals surface area contributed by atoms with Crippen molar-refractivity contribution in [3.8, 4) is 17.5 Å². The zero-order valence-electron chi connectivity index (χ0n) is 11.0. The van der Waals surface area contributed by atoms with Gasteiger partial charge in [0, 0.05) is 12.3 Å². The van der Waals surface area contributed by atoms with Crippen molar-refractivity contribution in [2.45, 2.75) is 0 Å². The third-order valence-electron chi connectivity index (χ3n) is 2.82. The van der Waals surface area contributed by atoms with Crippen LogP contribution in [0.5, 0.6) is 17.5 Å². The number of hydrogen-bond donors (Lipinski definition) is 1. The Hall–Kier alpha value is -2.96. The molecule has 0 amide bonds. The molecule has 1 aromatic carbocycles. The number of hydrogen-bond acceptors (Lipinski definition) is 5. The molecule has 2 aromatic heterocycles. The van der Waals surface area contributed by atoms with Crippen molar-refractivity contribution in [2.75, 3.05) is 7.11 Å². The lowest BCUT2D eigenvalue weighted by atomic mass is 10.3. The van der Waals surface area contributed by atoms with Gasteiger partial charge in [0.2, 0.25) is 0 Å². The molecule has 0 saturated heterocycles. The topological polar surface area (TPSA) is 77.1 Å². The third kappa shape index (κ3) is 2.53. The molecule has 0 bridgehead atoms. The van der Waals surface area contributed by atoms with Crippen LogP contribution in [0, 0.1) is 5.82 Å². The third-order valence-corrected chi connectivity index (χ3v) is 2.82. The summed E-state index contributed by atoms with van der Waals surface area (Å²) in [5.74, 6) is -0.272. The predicted molar refractivity (Wildman–Crippen MR) is 73.2 cm³/mol. The zero-order valence-corrected chi connectivity index (χ0v) is 11.0. The van der Waals surface area contributed by atoms with E-state index < -0.39 is 5.82 Å². The van der Waals surface area contributed by atoms with Crippen molar-refractivity contribution in [3.63, 3.8) is 0 Å². The normalized spacial score (nSPS) is 10.6. The summed E-state index contributed by atoms with van der Waals surface area (Å²) in [7, 11) is 1.37. The fourth-order valence-corrected chi connectivity index (χ4v) is 1.84. The molecule has 21 heavy (non-hydrogen) atoms. The van der Waals surface area contributed by atoms with Crippen LogP contribution in [0.2, 0.25) is 0 Å². The number of halogens is 1. The Bertz CT molecular complexity index is 863. The highest BCUT2D eigenvalue weighted by molar-refractivity contribution is 5.76. The molecule has 7 heteroatoms. The molecule has 3 aromatic rings. The summed E-state index contributed by atoms with van der Waals surface area (Å²) in [6.45, 7) is 0. The molecule has 0 radical (unpaired) electrons.